The number of nitrogens with one attached hydrogen (secondary N) is 2. The van der Waals surface area contributed by atoms with Gasteiger partial charge in [-0.2, -0.15) is 0 Å². The highest BCUT2D eigenvalue weighted by Gasteiger charge is 2.04. The summed E-state index contributed by atoms with van der Waals surface area (Å²) in [6, 6.07) is 12.4. The van der Waals surface area contributed by atoms with Gasteiger partial charge in [-0.05, 0) is 54.3 Å². The Hall–Kier alpha value is -2.20. The topological polar surface area (TPSA) is 41.1 Å². The molecule has 2 N–H and O–H groups in total. The van der Waals surface area contributed by atoms with Crippen molar-refractivity contribution in [3.63, 3.8) is 0 Å². The third-order valence-electron chi connectivity index (χ3n) is 3.98. The van der Waals surface area contributed by atoms with Crippen LogP contribution < -0.4 is 10.6 Å². The maximum absolute atomic E-state index is 13.1. The van der Waals surface area contributed by atoms with Crippen molar-refractivity contribution in [3.05, 3.63) is 70.5 Å². The van der Waals surface area contributed by atoms with E-state index in [-0.39, 0.29) is 11.7 Å². The molecular weight excluding hydrogens is 303 g/mol. The van der Waals surface area contributed by atoms with Gasteiger partial charge in [-0.3, -0.25) is 4.79 Å². The Kier molecular flexibility index (Phi) is 6.94. The number of hydrogen-bond acceptors (Lipinski definition) is 2. The first-order valence-electron chi connectivity index (χ1n) is 8.43. The Morgan fingerprint density at radius 1 is 1.08 bits per heavy atom. The van der Waals surface area contributed by atoms with Crippen molar-refractivity contribution in [2.24, 2.45) is 0 Å². The molecule has 0 aliphatic carbocycles. The molecule has 2 rings (SSSR count). The number of unbranched alkanes of at least 4 members (excludes halogenated alkanes) is 1. The van der Waals surface area contributed by atoms with Gasteiger partial charge in [0.15, 0.2) is 0 Å². The van der Waals surface area contributed by atoms with Crippen molar-refractivity contribution < 1.29 is 9.18 Å². The van der Waals surface area contributed by atoms with Crippen LogP contribution in [0.5, 0.6) is 0 Å². The monoisotopic (exact) mass is 328 g/mol. The molecule has 3 nitrogen and oxygen atoms in total. The number of carbonyl (C=O) groups is 1. The van der Waals surface area contributed by atoms with Crippen molar-refractivity contribution in [3.8, 4) is 0 Å². The van der Waals surface area contributed by atoms with Gasteiger partial charge in [0, 0.05) is 25.2 Å². The molecule has 0 atom stereocenters. The summed E-state index contributed by atoms with van der Waals surface area (Å²) in [6.45, 7) is 6.11. The van der Waals surface area contributed by atoms with Gasteiger partial charge in [0.05, 0.1) is 0 Å². The lowest BCUT2D eigenvalue weighted by molar-refractivity contribution is 0.0953. The van der Waals surface area contributed by atoms with Crippen LogP contribution in [0, 0.1) is 12.7 Å². The zero-order valence-electron chi connectivity index (χ0n) is 14.4. The van der Waals surface area contributed by atoms with Crippen LogP contribution in [0.25, 0.3) is 0 Å². The average Bonchev–Trinajstić information content (AvgIpc) is 2.57. The maximum Gasteiger partial charge on any atom is 0.251 e. The highest BCUT2D eigenvalue weighted by molar-refractivity contribution is 5.94. The van der Waals surface area contributed by atoms with Gasteiger partial charge in [0.1, 0.15) is 5.82 Å². The van der Waals surface area contributed by atoms with Crippen molar-refractivity contribution in [1.82, 2.24) is 10.6 Å². The molecule has 2 aromatic rings. The summed E-state index contributed by atoms with van der Waals surface area (Å²) in [7, 11) is 0. The van der Waals surface area contributed by atoms with Crippen LogP contribution in [-0.4, -0.2) is 12.5 Å². The Bertz CT molecular complexity index is 668. The molecule has 0 fully saturated rings. The van der Waals surface area contributed by atoms with Crippen LogP contribution in [0.4, 0.5) is 4.39 Å². The fraction of sp³-hybridized carbons (Fsp3) is 0.350. The number of carbonyl (C=O) groups excluding carboxylic acids is 1. The second-order valence-corrected chi connectivity index (χ2v) is 5.98. The van der Waals surface area contributed by atoms with Gasteiger partial charge < -0.3 is 10.6 Å². The van der Waals surface area contributed by atoms with Crippen LogP contribution in [0.2, 0.25) is 0 Å². The van der Waals surface area contributed by atoms with E-state index >= 15 is 0 Å². The van der Waals surface area contributed by atoms with Crippen molar-refractivity contribution in [2.45, 2.75) is 39.8 Å². The molecule has 1 amide bonds. The molecule has 0 saturated carbocycles. The molecule has 0 radical (unpaired) electrons. The summed E-state index contributed by atoms with van der Waals surface area (Å²) in [5, 5.41) is 6.26. The molecular formula is C20H25FN2O. The molecule has 0 aromatic heterocycles. The molecule has 0 aliphatic rings. The summed E-state index contributed by atoms with van der Waals surface area (Å²) in [4.78, 5) is 11.9. The van der Waals surface area contributed by atoms with Crippen LogP contribution in [0.3, 0.4) is 0 Å². The van der Waals surface area contributed by atoms with Crippen LogP contribution >= 0.6 is 0 Å². The van der Waals surface area contributed by atoms with Crippen LogP contribution in [0.1, 0.15) is 46.8 Å². The molecule has 4 heteroatoms. The molecule has 0 heterocycles. The average molecular weight is 328 g/mol. The predicted octanol–water partition coefficient (Wildman–Crippen LogP) is 3.95. The molecule has 0 aliphatic heterocycles. The number of rotatable bonds is 8. The maximum atomic E-state index is 13.1. The van der Waals surface area contributed by atoms with E-state index in [1.807, 2.05) is 31.2 Å². The summed E-state index contributed by atoms with van der Waals surface area (Å²) in [5.41, 5.74) is 3.83. The third kappa shape index (κ3) is 5.46. The summed E-state index contributed by atoms with van der Waals surface area (Å²) in [6.07, 6.45) is 2.06. The quantitative estimate of drug-likeness (QED) is 0.720. The second kappa shape index (κ2) is 9.18. The number of amides is 1. The largest absolute Gasteiger partial charge is 0.352 e. The minimum absolute atomic E-state index is 0.0232. The smallest absolute Gasteiger partial charge is 0.251 e. The van der Waals surface area contributed by atoms with E-state index in [4.69, 9.17) is 0 Å². The van der Waals surface area contributed by atoms with E-state index in [2.05, 4.69) is 17.6 Å². The molecule has 0 saturated heterocycles. The number of halogens is 1. The first-order valence-corrected chi connectivity index (χ1v) is 8.43. The van der Waals surface area contributed by atoms with E-state index in [0.29, 0.717) is 18.7 Å². The minimum atomic E-state index is -0.205. The van der Waals surface area contributed by atoms with E-state index in [9.17, 15) is 9.18 Å². The molecule has 128 valence electrons. The van der Waals surface area contributed by atoms with E-state index in [1.165, 1.54) is 6.07 Å². The second-order valence-electron chi connectivity index (χ2n) is 5.98. The molecule has 0 unspecified atom stereocenters. The van der Waals surface area contributed by atoms with Gasteiger partial charge in [-0.15, -0.1) is 0 Å². The van der Waals surface area contributed by atoms with E-state index < -0.39 is 0 Å². The lowest BCUT2D eigenvalue weighted by atomic mass is 10.1. The van der Waals surface area contributed by atoms with Crippen molar-refractivity contribution in [1.29, 1.82) is 0 Å². The molecule has 24 heavy (non-hydrogen) atoms. The SMILES string of the molecule is CCCCNC(=O)c1ccc(CNCc2ccc(F)cc2C)cc1. The minimum Gasteiger partial charge on any atom is -0.352 e. The lowest BCUT2D eigenvalue weighted by Crippen LogP contribution is -2.24. The van der Waals surface area contributed by atoms with E-state index in [0.717, 1.165) is 36.1 Å². The summed E-state index contributed by atoms with van der Waals surface area (Å²) < 4.78 is 13.1. The molecule has 0 spiro atoms. The Labute approximate surface area is 143 Å². The summed E-state index contributed by atoms with van der Waals surface area (Å²) in [5.74, 6) is -0.228. The molecule has 0 bridgehead atoms. The van der Waals surface area contributed by atoms with Gasteiger partial charge in [-0.25, -0.2) is 4.39 Å². The number of aryl methyl sites for hydroxylation is 1. The van der Waals surface area contributed by atoms with Gasteiger partial charge in [-0.1, -0.05) is 31.5 Å². The van der Waals surface area contributed by atoms with Crippen molar-refractivity contribution >= 4 is 5.91 Å². The van der Waals surface area contributed by atoms with Crippen LogP contribution in [0.15, 0.2) is 42.5 Å². The lowest BCUT2D eigenvalue weighted by Gasteiger charge is -2.09. The normalized spacial score (nSPS) is 10.6. The third-order valence-corrected chi connectivity index (χ3v) is 3.98. The Morgan fingerprint density at radius 2 is 1.83 bits per heavy atom. The first-order chi connectivity index (χ1) is 11.6. The van der Waals surface area contributed by atoms with E-state index in [1.54, 1.807) is 12.1 Å². The van der Waals surface area contributed by atoms with Gasteiger partial charge in [0.2, 0.25) is 0 Å². The molecule has 2 aromatic carbocycles. The zero-order chi connectivity index (χ0) is 17.4. The fourth-order valence-electron chi connectivity index (χ4n) is 2.45. The Morgan fingerprint density at radius 3 is 2.50 bits per heavy atom. The van der Waals surface area contributed by atoms with Gasteiger partial charge in [0.25, 0.3) is 5.91 Å². The predicted molar refractivity (Wildman–Crippen MR) is 95.4 cm³/mol. The standard InChI is InChI=1S/C20H25FN2O/c1-3-4-11-23-20(24)17-7-5-16(6-8-17)13-22-14-18-9-10-19(21)12-15(18)2/h5-10,12,22H,3-4,11,13-14H2,1-2H3,(H,23,24). The highest BCUT2D eigenvalue weighted by Crippen LogP contribution is 2.10. The van der Waals surface area contributed by atoms with Gasteiger partial charge >= 0.3 is 0 Å². The number of benzene rings is 2. The van der Waals surface area contributed by atoms with Crippen molar-refractivity contribution in [2.75, 3.05) is 6.54 Å². The Balaban J connectivity index is 1.82. The number of hydrogen-bond donors (Lipinski definition) is 2. The summed E-state index contributed by atoms with van der Waals surface area (Å²) >= 11 is 0. The zero-order valence-corrected chi connectivity index (χ0v) is 14.4. The fourth-order valence-corrected chi connectivity index (χ4v) is 2.45. The first kappa shape index (κ1) is 18.1. The van der Waals surface area contributed by atoms with Crippen LogP contribution in [-0.2, 0) is 13.1 Å². The highest BCUT2D eigenvalue weighted by atomic mass is 19.1.